The molecule has 3 rings (SSSR count). The zero-order valence-electron chi connectivity index (χ0n) is 12.5. The van der Waals surface area contributed by atoms with Gasteiger partial charge in [0, 0.05) is 0 Å². The van der Waals surface area contributed by atoms with Gasteiger partial charge in [0.25, 0.3) is 5.89 Å². The maximum absolute atomic E-state index is 5.78. The van der Waals surface area contributed by atoms with Gasteiger partial charge in [-0.1, -0.05) is 55.5 Å². The topological polar surface area (TPSA) is 48.2 Å². The third-order valence-electron chi connectivity index (χ3n) is 3.41. The zero-order valence-corrected chi connectivity index (χ0v) is 12.5. The van der Waals surface area contributed by atoms with Gasteiger partial charge in [-0.15, -0.1) is 10.2 Å². The van der Waals surface area contributed by atoms with Crippen LogP contribution in [0.5, 0.6) is 5.75 Å². The highest BCUT2D eigenvalue weighted by atomic mass is 16.5. The molecule has 0 aliphatic carbocycles. The van der Waals surface area contributed by atoms with E-state index in [4.69, 9.17) is 9.15 Å². The predicted molar refractivity (Wildman–Crippen MR) is 83.7 cm³/mol. The number of rotatable bonds is 6. The average molecular weight is 294 g/mol. The summed E-state index contributed by atoms with van der Waals surface area (Å²) in [7, 11) is 0. The van der Waals surface area contributed by atoms with Gasteiger partial charge < -0.3 is 9.15 Å². The summed E-state index contributed by atoms with van der Waals surface area (Å²) < 4.78 is 11.4. The lowest BCUT2D eigenvalue weighted by Crippen LogP contribution is -1.98. The van der Waals surface area contributed by atoms with Crippen LogP contribution in [0, 0.1) is 0 Å². The number of para-hydroxylation sites is 1. The van der Waals surface area contributed by atoms with E-state index in [0.29, 0.717) is 24.8 Å². The molecule has 1 aromatic heterocycles. The lowest BCUT2D eigenvalue weighted by Gasteiger charge is -2.07. The highest BCUT2D eigenvalue weighted by molar-refractivity contribution is 5.33. The standard InChI is InChI=1S/C18H18N2O2/c1-2-15-10-6-7-11-16(15)21-13-18-20-19-17(22-18)12-14-8-4-3-5-9-14/h3-11H,2,12-13H2,1H3. The van der Waals surface area contributed by atoms with Gasteiger partial charge in [-0.3, -0.25) is 0 Å². The minimum atomic E-state index is 0.290. The molecule has 4 heteroatoms. The predicted octanol–water partition coefficient (Wildman–Crippen LogP) is 3.80. The summed E-state index contributed by atoms with van der Waals surface area (Å²) in [6.45, 7) is 2.39. The lowest BCUT2D eigenvalue weighted by molar-refractivity contribution is 0.257. The SMILES string of the molecule is CCc1ccccc1OCc1nnc(Cc2ccccc2)o1. The first kappa shape index (κ1) is 14.3. The van der Waals surface area contributed by atoms with Crippen LogP contribution >= 0.6 is 0 Å². The number of hydrogen-bond acceptors (Lipinski definition) is 4. The fourth-order valence-electron chi connectivity index (χ4n) is 2.26. The van der Waals surface area contributed by atoms with Crippen molar-refractivity contribution < 1.29 is 9.15 Å². The van der Waals surface area contributed by atoms with Crippen molar-refractivity contribution in [3.05, 3.63) is 77.5 Å². The fourth-order valence-corrected chi connectivity index (χ4v) is 2.26. The summed E-state index contributed by atoms with van der Waals surface area (Å²) in [4.78, 5) is 0. The van der Waals surface area contributed by atoms with Gasteiger partial charge in [0.1, 0.15) is 5.75 Å². The summed E-state index contributed by atoms with van der Waals surface area (Å²) in [5.74, 6) is 1.97. The van der Waals surface area contributed by atoms with Crippen molar-refractivity contribution >= 4 is 0 Å². The molecule has 112 valence electrons. The zero-order chi connectivity index (χ0) is 15.2. The van der Waals surface area contributed by atoms with Gasteiger partial charge in [-0.05, 0) is 23.6 Å². The maximum Gasteiger partial charge on any atom is 0.253 e. The summed E-state index contributed by atoms with van der Waals surface area (Å²) in [5.41, 5.74) is 2.32. The molecule has 0 radical (unpaired) electrons. The first-order valence-electron chi connectivity index (χ1n) is 7.41. The van der Waals surface area contributed by atoms with Crippen LogP contribution in [0.2, 0.25) is 0 Å². The van der Waals surface area contributed by atoms with Gasteiger partial charge >= 0.3 is 0 Å². The maximum atomic E-state index is 5.78. The van der Waals surface area contributed by atoms with E-state index in [1.165, 1.54) is 5.56 Å². The van der Waals surface area contributed by atoms with Crippen LogP contribution in [0.15, 0.2) is 59.0 Å². The highest BCUT2D eigenvalue weighted by Crippen LogP contribution is 2.19. The normalized spacial score (nSPS) is 10.6. The molecule has 0 saturated carbocycles. The Kier molecular flexibility index (Phi) is 4.49. The molecule has 0 N–H and O–H groups in total. The van der Waals surface area contributed by atoms with Crippen molar-refractivity contribution in [2.45, 2.75) is 26.4 Å². The minimum Gasteiger partial charge on any atom is -0.484 e. The molecule has 4 nitrogen and oxygen atoms in total. The molecule has 0 unspecified atom stereocenters. The minimum absolute atomic E-state index is 0.290. The van der Waals surface area contributed by atoms with Crippen LogP contribution in [0.1, 0.15) is 29.8 Å². The second-order valence-electron chi connectivity index (χ2n) is 5.00. The second kappa shape index (κ2) is 6.89. The third kappa shape index (κ3) is 3.52. The Labute approximate surface area is 129 Å². The van der Waals surface area contributed by atoms with E-state index in [0.717, 1.165) is 17.7 Å². The lowest BCUT2D eigenvalue weighted by atomic mass is 10.1. The van der Waals surface area contributed by atoms with Gasteiger partial charge in [0.2, 0.25) is 5.89 Å². The Morgan fingerprint density at radius 2 is 1.64 bits per heavy atom. The molecule has 0 amide bonds. The van der Waals surface area contributed by atoms with Crippen LogP contribution < -0.4 is 4.74 Å². The van der Waals surface area contributed by atoms with Crippen molar-refractivity contribution in [1.29, 1.82) is 0 Å². The molecular weight excluding hydrogens is 276 g/mol. The first-order chi connectivity index (χ1) is 10.8. The summed E-state index contributed by atoms with van der Waals surface area (Å²) >= 11 is 0. The second-order valence-corrected chi connectivity index (χ2v) is 5.00. The quantitative estimate of drug-likeness (QED) is 0.693. The number of nitrogens with zero attached hydrogens (tertiary/aromatic N) is 2. The van der Waals surface area contributed by atoms with E-state index in [2.05, 4.69) is 23.2 Å². The van der Waals surface area contributed by atoms with Crippen molar-refractivity contribution in [2.75, 3.05) is 0 Å². The van der Waals surface area contributed by atoms with Crippen molar-refractivity contribution in [3.8, 4) is 5.75 Å². The molecule has 1 heterocycles. The number of benzene rings is 2. The van der Waals surface area contributed by atoms with E-state index in [1.807, 2.05) is 48.5 Å². The van der Waals surface area contributed by atoms with E-state index < -0.39 is 0 Å². The fraction of sp³-hybridized carbons (Fsp3) is 0.222. The average Bonchev–Trinajstić information content (AvgIpc) is 3.01. The third-order valence-corrected chi connectivity index (χ3v) is 3.41. The number of aryl methyl sites for hydroxylation is 1. The van der Waals surface area contributed by atoms with Crippen LogP contribution in [0.4, 0.5) is 0 Å². The van der Waals surface area contributed by atoms with Gasteiger partial charge in [-0.2, -0.15) is 0 Å². The molecule has 0 spiro atoms. The highest BCUT2D eigenvalue weighted by Gasteiger charge is 2.08. The summed E-state index contributed by atoms with van der Waals surface area (Å²) in [5, 5.41) is 8.11. The molecule has 0 aliphatic heterocycles. The Hall–Kier alpha value is -2.62. The Bertz CT molecular complexity index is 723. The van der Waals surface area contributed by atoms with Crippen LogP contribution in [0.25, 0.3) is 0 Å². The molecule has 0 aliphatic rings. The van der Waals surface area contributed by atoms with E-state index in [1.54, 1.807) is 0 Å². The van der Waals surface area contributed by atoms with E-state index >= 15 is 0 Å². The summed E-state index contributed by atoms with van der Waals surface area (Å²) in [6, 6.07) is 18.1. The smallest absolute Gasteiger partial charge is 0.253 e. The van der Waals surface area contributed by atoms with Crippen molar-refractivity contribution in [3.63, 3.8) is 0 Å². The van der Waals surface area contributed by atoms with Gasteiger partial charge in [0.15, 0.2) is 6.61 Å². The van der Waals surface area contributed by atoms with Crippen molar-refractivity contribution in [2.24, 2.45) is 0 Å². The molecule has 22 heavy (non-hydrogen) atoms. The van der Waals surface area contributed by atoms with Gasteiger partial charge in [-0.25, -0.2) is 0 Å². The number of ether oxygens (including phenoxy) is 1. The van der Waals surface area contributed by atoms with E-state index in [-0.39, 0.29) is 0 Å². The van der Waals surface area contributed by atoms with Crippen LogP contribution in [-0.2, 0) is 19.4 Å². The number of aromatic nitrogens is 2. The Morgan fingerprint density at radius 1 is 0.909 bits per heavy atom. The molecule has 0 saturated heterocycles. The van der Waals surface area contributed by atoms with E-state index in [9.17, 15) is 0 Å². The monoisotopic (exact) mass is 294 g/mol. The molecule has 2 aromatic carbocycles. The summed E-state index contributed by atoms with van der Waals surface area (Å²) in [6.07, 6.45) is 1.57. The van der Waals surface area contributed by atoms with Crippen LogP contribution in [0.3, 0.4) is 0 Å². The number of hydrogen-bond donors (Lipinski definition) is 0. The van der Waals surface area contributed by atoms with Gasteiger partial charge in [0.05, 0.1) is 6.42 Å². The molecule has 0 bridgehead atoms. The Morgan fingerprint density at radius 3 is 2.45 bits per heavy atom. The van der Waals surface area contributed by atoms with Crippen molar-refractivity contribution in [1.82, 2.24) is 10.2 Å². The molecule has 3 aromatic rings. The Balaban J connectivity index is 1.62. The largest absolute Gasteiger partial charge is 0.484 e. The molecule has 0 fully saturated rings. The first-order valence-corrected chi connectivity index (χ1v) is 7.41. The molecular formula is C18H18N2O2. The molecule has 0 atom stereocenters. The van der Waals surface area contributed by atoms with Crippen LogP contribution in [-0.4, -0.2) is 10.2 Å².